The van der Waals surface area contributed by atoms with Gasteiger partial charge in [-0.1, -0.05) is 24.3 Å². The normalized spacial score (nSPS) is 13.8. The monoisotopic (exact) mass is 223 g/mol. The first-order valence-corrected chi connectivity index (χ1v) is 6.27. The quantitative estimate of drug-likeness (QED) is 0.562. The van der Waals surface area contributed by atoms with Crippen molar-refractivity contribution in [1.82, 2.24) is 4.98 Å². The van der Waals surface area contributed by atoms with E-state index in [-0.39, 0.29) is 0 Å². The zero-order valence-electron chi connectivity index (χ0n) is 8.60. The molecule has 0 bridgehead atoms. The van der Waals surface area contributed by atoms with Crippen LogP contribution in [0.3, 0.4) is 0 Å². The molecule has 1 aromatic rings. The zero-order chi connectivity index (χ0) is 10.5. The van der Waals surface area contributed by atoms with Crippen molar-refractivity contribution in [2.45, 2.75) is 6.42 Å². The predicted octanol–water partition coefficient (Wildman–Crippen LogP) is 3.97. The lowest BCUT2D eigenvalue weighted by Gasteiger charge is -2.03. The Labute approximate surface area is 97.4 Å². The summed E-state index contributed by atoms with van der Waals surface area (Å²) in [6.45, 7) is 0. The molecule has 1 aliphatic carbocycles. The summed E-state index contributed by atoms with van der Waals surface area (Å²) in [7, 11) is 0. The molecule has 0 amide bonds. The number of hydrogen-bond acceptors (Lipinski definition) is 2. The fourth-order valence-electron chi connectivity index (χ4n) is 2.39. The number of fused-ring (bicyclic) bond motifs is 5. The summed E-state index contributed by atoms with van der Waals surface area (Å²) in [6.07, 6.45) is 5.46. The van der Waals surface area contributed by atoms with Crippen molar-refractivity contribution >= 4 is 28.3 Å². The molecule has 0 saturated carbocycles. The summed E-state index contributed by atoms with van der Waals surface area (Å²) >= 11 is 1.82. The Kier molecular flexibility index (Phi) is 1.55. The summed E-state index contributed by atoms with van der Waals surface area (Å²) in [5, 5.41) is 3.52. The number of rotatable bonds is 0. The lowest BCUT2D eigenvalue weighted by Crippen LogP contribution is -1.86. The van der Waals surface area contributed by atoms with Gasteiger partial charge in [0.25, 0.3) is 0 Å². The van der Waals surface area contributed by atoms with E-state index in [9.17, 15) is 0 Å². The minimum absolute atomic E-state index is 1.03. The van der Waals surface area contributed by atoms with Crippen molar-refractivity contribution in [1.29, 1.82) is 0 Å². The molecular weight excluding hydrogens is 214 g/mol. The van der Waals surface area contributed by atoms with Gasteiger partial charge in [0.15, 0.2) is 0 Å². The summed E-state index contributed by atoms with van der Waals surface area (Å²) in [4.78, 5) is 6.12. The van der Waals surface area contributed by atoms with Crippen LogP contribution in [0.5, 0.6) is 0 Å². The van der Waals surface area contributed by atoms with Crippen LogP contribution in [0.25, 0.3) is 28.2 Å². The molecule has 0 unspecified atom stereocenters. The molecular formula is C14H9NS. The minimum atomic E-state index is 1.03. The van der Waals surface area contributed by atoms with Crippen molar-refractivity contribution in [3.8, 4) is 11.3 Å². The van der Waals surface area contributed by atoms with E-state index in [2.05, 4.69) is 41.8 Å². The number of nitrogens with zero attached hydrogens (tertiary/aromatic N) is 1. The molecule has 0 saturated heterocycles. The lowest BCUT2D eigenvalue weighted by molar-refractivity contribution is 1.29. The Balaban J connectivity index is 2.19. The fourth-order valence-corrected chi connectivity index (χ4v) is 3.37. The predicted molar refractivity (Wildman–Crippen MR) is 69.0 cm³/mol. The van der Waals surface area contributed by atoms with Crippen molar-refractivity contribution < 1.29 is 0 Å². The van der Waals surface area contributed by atoms with Gasteiger partial charge in [0, 0.05) is 21.2 Å². The molecule has 0 atom stereocenters. The maximum Gasteiger partial charge on any atom is 0.0773 e. The van der Waals surface area contributed by atoms with E-state index >= 15 is 0 Å². The Bertz CT molecular complexity index is 693. The zero-order valence-corrected chi connectivity index (χ0v) is 9.42. The molecule has 2 aliphatic heterocycles. The van der Waals surface area contributed by atoms with Gasteiger partial charge in [-0.3, -0.25) is 0 Å². The van der Waals surface area contributed by atoms with E-state index in [0.29, 0.717) is 0 Å². The van der Waals surface area contributed by atoms with Gasteiger partial charge in [-0.05, 0) is 24.1 Å². The van der Waals surface area contributed by atoms with Crippen LogP contribution in [-0.4, -0.2) is 4.98 Å². The van der Waals surface area contributed by atoms with Gasteiger partial charge in [0.1, 0.15) is 0 Å². The molecule has 1 nitrogen and oxygen atoms in total. The maximum absolute atomic E-state index is 4.75. The van der Waals surface area contributed by atoms with E-state index in [4.69, 9.17) is 4.98 Å². The molecule has 0 N–H and O–H groups in total. The van der Waals surface area contributed by atoms with Crippen LogP contribution in [0.2, 0.25) is 0 Å². The second-order valence-corrected chi connectivity index (χ2v) is 4.99. The largest absolute Gasteiger partial charge is 0.247 e. The number of allylic oxidation sites excluding steroid dienone is 1. The van der Waals surface area contributed by atoms with Gasteiger partial charge in [0.05, 0.1) is 11.2 Å². The molecule has 3 aliphatic rings. The van der Waals surface area contributed by atoms with Crippen LogP contribution in [0.4, 0.5) is 0 Å². The van der Waals surface area contributed by atoms with Crippen LogP contribution < -0.4 is 0 Å². The first-order valence-electron chi connectivity index (χ1n) is 5.39. The Morgan fingerprint density at radius 2 is 2.12 bits per heavy atom. The Morgan fingerprint density at radius 1 is 1.19 bits per heavy atom. The molecule has 0 spiro atoms. The maximum atomic E-state index is 4.75. The van der Waals surface area contributed by atoms with Gasteiger partial charge in [0.2, 0.25) is 0 Å². The number of hydrogen-bond donors (Lipinski definition) is 0. The molecule has 0 aromatic heterocycles. The first-order chi connectivity index (χ1) is 7.93. The SMILES string of the molecule is C1=Cc2scc3c4ccccc4nc-3c2C1. The van der Waals surface area contributed by atoms with Crippen LogP contribution in [0.1, 0.15) is 10.4 Å². The highest BCUT2D eigenvalue weighted by Crippen LogP contribution is 2.39. The average molecular weight is 223 g/mol. The summed E-state index contributed by atoms with van der Waals surface area (Å²) in [5.41, 5.74) is 5.02. The van der Waals surface area contributed by atoms with Gasteiger partial charge in [-0.2, -0.15) is 0 Å². The third-order valence-electron chi connectivity index (χ3n) is 3.16. The average Bonchev–Trinajstić information content (AvgIpc) is 2.92. The third kappa shape index (κ3) is 0.973. The third-order valence-corrected chi connectivity index (χ3v) is 4.15. The first kappa shape index (κ1) is 8.48. The molecule has 16 heavy (non-hydrogen) atoms. The highest BCUT2D eigenvalue weighted by atomic mass is 32.1. The lowest BCUT2D eigenvalue weighted by atomic mass is 10.1. The second-order valence-electron chi connectivity index (χ2n) is 4.08. The summed E-state index contributed by atoms with van der Waals surface area (Å²) in [5.74, 6) is 0. The molecule has 0 radical (unpaired) electrons. The molecule has 2 heteroatoms. The van der Waals surface area contributed by atoms with Crippen molar-refractivity contribution in [2.75, 3.05) is 0 Å². The number of benzene rings is 1. The highest BCUT2D eigenvalue weighted by molar-refractivity contribution is 7.11. The number of para-hydroxylation sites is 1. The topological polar surface area (TPSA) is 12.9 Å². The van der Waals surface area contributed by atoms with Crippen LogP contribution >= 0.6 is 11.3 Å². The number of aromatic nitrogens is 1. The summed E-state index contributed by atoms with van der Waals surface area (Å²) in [6, 6.07) is 8.39. The Morgan fingerprint density at radius 3 is 3.12 bits per heavy atom. The van der Waals surface area contributed by atoms with Gasteiger partial charge in [-0.15, -0.1) is 11.3 Å². The highest BCUT2D eigenvalue weighted by Gasteiger charge is 2.19. The second kappa shape index (κ2) is 2.92. The molecule has 4 rings (SSSR count). The van der Waals surface area contributed by atoms with Gasteiger partial charge in [-0.25, -0.2) is 4.98 Å². The van der Waals surface area contributed by atoms with Crippen LogP contribution in [0.15, 0.2) is 35.7 Å². The molecule has 2 heterocycles. The van der Waals surface area contributed by atoms with E-state index in [1.807, 2.05) is 11.3 Å². The van der Waals surface area contributed by atoms with E-state index in [1.54, 1.807) is 0 Å². The van der Waals surface area contributed by atoms with Gasteiger partial charge < -0.3 is 0 Å². The smallest absolute Gasteiger partial charge is 0.0773 e. The van der Waals surface area contributed by atoms with E-state index in [1.165, 1.54) is 27.1 Å². The molecule has 1 aromatic carbocycles. The molecule has 76 valence electrons. The van der Waals surface area contributed by atoms with E-state index in [0.717, 1.165) is 11.9 Å². The van der Waals surface area contributed by atoms with E-state index < -0.39 is 0 Å². The van der Waals surface area contributed by atoms with Crippen molar-refractivity contribution in [2.24, 2.45) is 0 Å². The summed E-state index contributed by atoms with van der Waals surface area (Å²) < 4.78 is 0. The van der Waals surface area contributed by atoms with Crippen molar-refractivity contribution in [3.63, 3.8) is 0 Å². The molecule has 0 fully saturated rings. The Hall–Kier alpha value is -1.67. The van der Waals surface area contributed by atoms with Gasteiger partial charge >= 0.3 is 0 Å². The minimum Gasteiger partial charge on any atom is -0.247 e. The van der Waals surface area contributed by atoms with Crippen LogP contribution in [-0.2, 0) is 6.42 Å². The van der Waals surface area contributed by atoms with Crippen molar-refractivity contribution in [3.05, 3.63) is 46.2 Å². The fraction of sp³-hybridized carbons (Fsp3) is 0.0714. The standard InChI is InChI=1S/C14H9NS/c1-2-6-12-9(4-1)11-8-16-13-7-3-5-10(13)14(11)15-12/h1-4,6-8H,5H2. The van der Waals surface area contributed by atoms with Crippen LogP contribution in [0, 0.1) is 0 Å².